The van der Waals surface area contributed by atoms with Crippen LogP contribution in [0.5, 0.6) is 5.75 Å². The van der Waals surface area contributed by atoms with Gasteiger partial charge in [0.05, 0.1) is 12.8 Å². The summed E-state index contributed by atoms with van der Waals surface area (Å²) in [5.74, 6) is 3.48. The highest BCUT2D eigenvalue weighted by Gasteiger charge is 2.54. The minimum Gasteiger partial charge on any atom is -0.495 e. The lowest BCUT2D eigenvalue weighted by Gasteiger charge is -2.48. The lowest BCUT2D eigenvalue weighted by atomic mass is 9.55. The molecule has 27 heavy (non-hydrogen) atoms. The summed E-state index contributed by atoms with van der Waals surface area (Å²) in [5.41, 5.74) is 4.28. The number of Topliss-reactive ketones (excluding diaryl/α,β-unsaturated/α-hetero) is 1. The molecule has 0 spiro atoms. The number of anilines is 1. The highest BCUT2D eigenvalue weighted by molar-refractivity contribution is 5.87. The number of nitrogens with zero attached hydrogens (tertiary/aromatic N) is 1. The molecule has 4 heteroatoms. The molecular formula is C23H32N2O2. The van der Waals surface area contributed by atoms with Gasteiger partial charge >= 0.3 is 0 Å². The smallest absolute Gasteiger partial charge is 0.142 e. The van der Waals surface area contributed by atoms with Crippen LogP contribution in [0, 0.1) is 17.3 Å². The highest BCUT2D eigenvalue weighted by atomic mass is 16.5. The number of rotatable bonds is 2. The summed E-state index contributed by atoms with van der Waals surface area (Å²) >= 11 is 0. The lowest BCUT2D eigenvalue weighted by Crippen LogP contribution is -2.44. The van der Waals surface area contributed by atoms with Gasteiger partial charge in [0.15, 0.2) is 0 Å². The number of ketones is 1. The summed E-state index contributed by atoms with van der Waals surface area (Å²) in [6.45, 7) is 6.42. The molecule has 4 nitrogen and oxygen atoms in total. The number of methoxy groups -OCH3 is 1. The van der Waals surface area contributed by atoms with Crippen molar-refractivity contribution in [2.75, 3.05) is 38.2 Å². The molecule has 1 N–H and O–H groups in total. The zero-order valence-corrected chi connectivity index (χ0v) is 16.7. The number of ether oxygens (including phenoxy) is 1. The molecule has 1 aliphatic heterocycles. The van der Waals surface area contributed by atoms with E-state index in [-0.39, 0.29) is 5.41 Å². The summed E-state index contributed by atoms with van der Waals surface area (Å²) in [5, 5.41) is 3.45. The molecule has 1 heterocycles. The molecule has 3 aliphatic carbocycles. The van der Waals surface area contributed by atoms with Crippen molar-refractivity contribution in [1.29, 1.82) is 0 Å². The number of nitrogens with one attached hydrogen (secondary N) is 1. The van der Waals surface area contributed by atoms with E-state index in [1.807, 2.05) is 0 Å². The average Bonchev–Trinajstić information content (AvgIpc) is 3.02. The van der Waals surface area contributed by atoms with Gasteiger partial charge in [0.25, 0.3) is 0 Å². The van der Waals surface area contributed by atoms with Crippen LogP contribution in [0.3, 0.4) is 0 Å². The van der Waals surface area contributed by atoms with Gasteiger partial charge in [-0.3, -0.25) is 4.79 Å². The Labute approximate surface area is 162 Å². The van der Waals surface area contributed by atoms with E-state index in [0.29, 0.717) is 23.5 Å². The van der Waals surface area contributed by atoms with Crippen LogP contribution in [0.15, 0.2) is 12.1 Å². The zero-order valence-electron chi connectivity index (χ0n) is 16.7. The van der Waals surface area contributed by atoms with E-state index >= 15 is 0 Å². The molecule has 4 atom stereocenters. The lowest BCUT2D eigenvalue weighted by molar-refractivity contribution is -0.129. The predicted octanol–water partition coefficient (Wildman–Crippen LogP) is 3.53. The van der Waals surface area contributed by atoms with Gasteiger partial charge in [0.1, 0.15) is 11.5 Å². The van der Waals surface area contributed by atoms with Crippen molar-refractivity contribution < 1.29 is 9.53 Å². The van der Waals surface area contributed by atoms with Gasteiger partial charge in [-0.15, -0.1) is 0 Å². The molecule has 5 rings (SSSR count). The molecule has 0 unspecified atom stereocenters. The Balaban J connectivity index is 1.52. The summed E-state index contributed by atoms with van der Waals surface area (Å²) < 4.78 is 5.79. The molecule has 1 saturated heterocycles. The minimum absolute atomic E-state index is 0.0352. The second kappa shape index (κ2) is 6.51. The number of carbonyl (C=O) groups excluding carboxylic acids is 1. The van der Waals surface area contributed by atoms with Crippen LogP contribution in [0.25, 0.3) is 0 Å². The summed E-state index contributed by atoms with van der Waals surface area (Å²) in [4.78, 5) is 15.0. The van der Waals surface area contributed by atoms with E-state index in [2.05, 4.69) is 29.3 Å². The maximum absolute atomic E-state index is 12.6. The average molecular weight is 369 g/mol. The van der Waals surface area contributed by atoms with E-state index in [1.165, 1.54) is 24.1 Å². The van der Waals surface area contributed by atoms with Gasteiger partial charge in [0, 0.05) is 38.0 Å². The fourth-order valence-electron chi connectivity index (χ4n) is 6.67. The fraction of sp³-hybridized carbons (Fsp3) is 0.696. The van der Waals surface area contributed by atoms with Crippen molar-refractivity contribution in [3.8, 4) is 5.75 Å². The Morgan fingerprint density at radius 1 is 1.15 bits per heavy atom. The van der Waals surface area contributed by atoms with Crippen molar-refractivity contribution in [2.45, 2.75) is 51.4 Å². The van der Waals surface area contributed by atoms with Crippen LogP contribution in [-0.4, -0.2) is 39.1 Å². The van der Waals surface area contributed by atoms with Crippen LogP contribution >= 0.6 is 0 Å². The Bertz CT molecular complexity index is 755. The van der Waals surface area contributed by atoms with Crippen molar-refractivity contribution in [3.05, 3.63) is 23.3 Å². The quantitative estimate of drug-likeness (QED) is 0.867. The predicted molar refractivity (Wildman–Crippen MR) is 108 cm³/mol. The van der Waals surface area contributed by atoms with Crippen LogP contribution in [0.2, 0.25) is 0 Å². The zero-order chi connectivity index (χ0) is 18.6. The SMILES string of the molecule is COc1cc2c(cc1N1CCNCC1)[C@H]1CC[C@]3(C)C(=O)CC[C@H]3[C@@H]1CC2. The van der Waals surface area contributed by atoms with Gasteiger partial charge in [0.2, 0.25) is 0 Å². The van der Waals surface area contributed by atoms with Crippen LogP contribution in [-0.2, 0) is 11.2 Å². The van der Waals surface area contributed by atoms with Gasteiger partial charge in [-0.05, 0) is 73.1 Å². The van der Waals surface area contributed by atoms with Gasteiger partial charge in [-0.2, -0.15) is 0 Å². The number of hydrogen-bond donors (Lipinski definition) is 1. The van der Waals surface area contributed by atoms with Crippen molar-refractivity contribution >= 4 is 11.5 Å². The van der Waals surface area contributed by atoms with E-state index < -0.39 is 0 Å². The van der Waals surface area contributed by atoms with E-state index in [0.717, 1.165) is 57.6 Å². The summed E-state index contributed by atoms with van der Waals surface area (Å²) in [6.07, 6.45) is 6.55. The summed E-state index contributed by atoms with van der Waals surface area (Å²) in [6, 6.07) is 4.77. The van der Waals surface area contributed by atoms with Crippen LogP contribution in [0.4, 0.5) is 5.69 Å². The minimum atomic E-state index is -0.0352. The van der Waals surface area contributed by atoms with Gasteiger partial charge < -0.3 is 15.0 Å². The second-order valence-electron chi connectivity index (χ2n) is 9.29. The van der Waals surface area contributed by atoms with E-state index in [9.17, 15) is 4.79 Å². The van der Waals surface area contributed by atoms with Crippen LogP contribution in [0.1, 0.15) is 56.1 Å². The standard InChI is InChI=1S/C23H32N2O2/c1-23-8-7-16-17(19(23)5-6-22(23)26)4-3-15-13-21(27-2)20(14-18(15)16)25-11-9-24-10-12-25/h13-14,16-17,19,24H,3-12H2,1-2H3/t16-,17+,19-,23-/m0/s1. The number of fused-ring (bicyclic) bond motifs is 5. The molecule has 3 fully saturated rings. The molecule has 0 bridgehead atoms. The largest absolute Gasteiger partial charge is 0.495 e. The Hall–Kier alpha value is -1.55. The van der Waals surface area contributed by atoms with Crippen molar-refractivity contribution in [3.63, 3.8) is 0 Å². The summed E-state index contributed by atoms with van der Waals surface area (Å²) in [7, 11) is 1.80. The van der Waals surface area contributed by atoms with E-state index in [1.54, 1.807) is 12.7 Å². The molecule has 0 amide bonds. The van der Waals surface area contributed by atoms with Crippen molar-refractivity contribution in [1.82, 2.24) is 5.32 Å². The first-order chi connectivity index (χ1) is 13.1. The second-order valence-corrected chi connectivity index (χ2v) is 9.29. The number of carbonyl (C=O) groups is 1. The molecule has 2 saturated carbocycles. The highest BCUT2D eigenvalue weighted by Crippen LogP contribution is 2.60. The third-order valence-electron chi connectivity index (χ3n) is 8.19. The van der Waals surface area contributed by atoms with Gasteiger partial charge in [-0.1, -0.05) is 6.92 Å². The third kappa shape index (κ3) is 2.63. The first-order valence-corrected chi connectivity index (χ1v) is 10.8. The normalized spacial score (nSPS) is 35.4. The maximum atomic E-state index is 12.6. The van der Waals surface area contributed by atoms with Crippen LogP contribution < -0.4 is 15.0 Å². The van der Waals surface area contributed by atoms with Gasteiger partial charge in [-0.25, -0.2) is 0 Å². The Morgan fingerprint density at radius 3 is 2.74 bits per heavy atom. The molecule has 1 aromatic carbocycles. The monoisotopic (exact) mass is 368 g/mol. The molecule has 146 valence electrons. The maximum Gasteiger partial charge on any atom is 0.142 e. The first-order valence-electron chi connectivity index (χ1n) is 10.8. The molecule has 1 aromatic rings. The number of benzene rings is 1. The Morgan fingerprint density at radius 2 is 1.96 bits per heavy atom. The Kier molecular flexibility index (Phi) is 4.23. The topological polar surface area (TPSA) is 41.6 Å². The number of aryl methyl sites for hydroxylation is 1. The molecule has 0 aromatic heterocycles. The third-order valence-corrected chi connectivity index (χ3v) is 8.19. The van der Waals surface area contributed by atoms with Crippen molar-refractivity contribution in [2.24, 2.45) is 17.3 Å². The van der Waals surface area contributed by atoms with E-state index in [4.69, 9.17) is 4.74 Å². The molecular weight excluding hydrogens is 336 g/mol. The number of hydrogen-bond acceptors (Lipinski definition) is 4. The first kappa shape index (κ1) is 17.5. The number of piperazine rings is 1. The fourth-order valence-corrected chi connectivity index (χ4v) is 6.67. The molecule has 4 aliphatic rings. The molecule has 0 radical (unpaired) electrons.